The molecule has 0 fully saturated rings. The Morgan fingerprint density at radius 1 is 1.04 bits per heavy atom. The van der Waals surface area contributed by atoms with Gasteiger partial charge in [-0.2, -0.15) is 13.2 Å². The summed E-state index contributed by atoms with van der Waals surface area (Å²) in [6.07, 6.45) is -4.68. The highest BCUT2D eigenvalue weighted by Crippen LogP contribution is 2.20. The van der Waals surface area contributed by atoms with Crippen molar-refractivity contribution in [1.29, 1.82) is 0 Å². The van der Waals surface area contributed by atoms with Crippen molar-refractivity contribution >= 4 is 22.4 Å². The Balaban J connectivity index is 2.10. The highest BCUT2D eigenvalue weighted by molar-refractivity contribution is 6.05. The van der Waals surface area contributed by atoms with Gasteiger partial charge in [0.15, 0.2) is 0 Å². The number of alkyl halides is 3. The maximum absolute atomic E-state index is 12.9. The number of halogens is 4. The monoisotopic (exact) mass is 364 g/mol. The molecule has 2 aromatic carbocycles. The molecule has 1 heterocycles. The van der Waals surface area contributed by atoms with Crippen molar-refractivity contribution < 1.29 is 22.4 Å². The van der Waals surface area contributed by atoms with Crippen molar-refractivity contribution in [3.8, 4) is 0 Å². The molecule has 0 unspecified atom stereocenters. The molecule has 26 heavy (non-hydrogen) atoms. The number of carbonyl (C=O) groups excluding carboxylic acids is 1. The quantitative estimate of drug-likeness (QED) is 0.716. The zero-order valence-corrected chi connectivity index (χ0v) is 13.2. The minimum Gasteiger partial charge on any atom is -0.321 e. The molecule has 0 radical (unpaired) electrons. The van der Waals surface area contributed by atoms with Crippen molar-refractivity contribution in [2.24, 2.45) is 0 Å². The smallest absolute Gasteiger partial charge is 0.321 e. The van der Waals surface area contributed by atoms with Gasteiger partial charge in [-0.1, -0.05) is 18.2 Å². The highest BCUT2D eigenvalue weighted by atomic mass is 19.4. The third-order valence-corrected chi connectivity index (χ3v) is 3.69. The van der Waals surface area contributed by atoms with E-state index in [4.69, 9.17) is 0 Å². The zero-order valence-electron chi connectivity index (χ0n) is 13.2. The number of aromatic nitrogens is 1. The van der Waals surface area contributed by atoms with E-state index in [9.17, 15) is 27.2 Å². The summed E-state index contributed by atoms with van der Waals surface area (Å²) in [5.74, 6) is -1.42. The second-order valence-corrected chi connectivity index (χ2v) is 5.58. The van der Waals surface area contributed by atoms with Crippen LogP contribution in [-0.2, 0) is 6.54 Å². The standard InChI is InChI=1S/C18H12F4N2O2/c19-12-5-7-13(8-6-12)23-16(25)15-9-11-3-1-2-4-14(11)17(26)24(15)10-18(20,21)22/h1-9H,10H2,(H,23,25). The van der Waals surface area contributed by atoms with Crippen LogP contribution in [0.1, 0.15) is 10.5 Å². The highest BCUT2D eigenvalue weighted by Gasteiger charge is 2.31. The number of nitrogens with one attached hydrogen (secondary N) is 1. The number of hydrogen-bond donors (Lipinski definition) is 1. The predicted octanol–water partition coefficient (Wildman–Crippen LogP) is 3.96. The fraction of sp³-hybridized carbons (Fsp3) is 0.111. The summed E-state index contributed by atoms with van der Waals surface area (Å²) in [4.78, 5) is 24.9. The van der Waals surface area contributed by atoms with Gasteiger partial charge in [0.2, 0.25) is 0 Å². The van der Waals surface area contributed by atoms with Crippen LogP contribution in [0.15, 0.2) is 59.4 Å². The molecule has 1 N–H and O–H groups in total. The molecule has 0 saturated carbocycles. The predicted molar refractivity (Wildman–Crippen MR) is 88.6 cm³/mol. The first-order valence-corrected chi connectivity index (χ1v) is 7.51. The molecule has 3 aromatic rings. The van der Waals surface area contributed by atoms with E-state index in [2.05, 4.69) is 5.32 Å². The van der Waals surface area contributed by atoms with Gasteiger partial charge < -0.3 is 5.32 Å². The maximum Gasteiger partial charge on any atom is 0.406 e. The SMILES string of the molecule is O=C(Nc1ccc(F)cc1)c1cc2ccccc2c(=O)n1CC(F)(F)F. The zero-order chi connectivity index (χ0) is 18.9. The molecule has 0 aliphatic rings. The minimum absolute atomic E-state index is 0.0788. The van der Waals surface area contributed by atoms with Gasteiger partial charge in [-0.25, -0.2) is 4.39 Å². The number of hydrogen-bond acceptors (Lipinski definition) is 2. The van der Waals surface area contributed by atoms with Gasteiger partial charge >= 0.3 is 6.18 Å². The number of carbonyl (C=O) groups is 1. The van der Waals surface area contributed by atoms with Gasteiger partial charge in [0.25, 0.3) is 11.5 Å². The molecule has 0 aliphatic heterocycles. The number of fused-ring (bicyclic) bond motifs is 1. The van der Waals surface area contributed by atoms with Crippen molar-refractivity contribution in [2.75, 3.05) is 5.32 Å². The van der Waals surface area contributed by atoms with Crippen LogP contribution in [0, 0.1) is 5.82 Å². The van der Waals surface area contributed by atoms with Crippen molar-refractivity contribution in [3.05, 3.63) is 76.5 Å². The van der Waals surface area contributed by atoms with Gasteiger partial charge in [-0.3, -0.25) is 14.2 Å². The minimum atomic E-state index is -4.68. The summed E-state index contributed by atoms with van der Waals surface area (Å²) < 4.78 is 52.0. The topological polar surface area (TPSA) is 51.1 Å². The molecule has 0 bridgehead atoms. The lowest BCUT2D eigenvalue weighted by Gasteiger charge is -2.16. The molecular formula is C18H12F4N2O2. The number of pyridine rings is 1. The van der Waals surface area contributed by atoms with Crippen LogP contribution < -0.4 is 10.9 Å². The summed E-state index contributed by atoms with van der Waals surface area (Å²) in [6.45, 7) is -1.59. The molecule has 4 nitrogen and oxygen atoms in total. The van der Waals surface area contributed by atoms with E-state index in [-0.39, 0.29) is 11.1 Å². The second-order valence-electron chi connectivity index (χ2n) is 5.58. The molecule has 1 aromatic heterocycles. The Bertz CT molecular complexity index is 1020. The van der Waals surface area contributed by atoms with Crippen LogP contribution in [0.3, 0.4) is 0 Å². The van der Waals surface area contributed by atoms with E-state index in [0.29, 0.717) is 9.95 Å². The largest absolute Gasteiger partial charge is 0.406 e. The average Bonchev–Trinajstić information content (AvgIpc) is 2.58. The van der Waals surface area contributed by atoms with Crippen LogP contribution in [0.4, 0.5) is 23.2 Å². The lowest BCUT2D eigenvalue weighted by atomic mass is 10.1. The Morgan fingerprint density at radius 2 is 1.69 bits per heavy atom. The normalized spacial score (nSPS) is 11.5. The Kier molecular flexibility index (Phi) is 4.50. The number of anilines is 1. The van der Waals surface area contributed by atoms with E-state index < -0.39 is 35.7 Å². The van der Waals surface area contributed by atoms with Gasteiger partial charge in [-0.15, -0.1) is 0 Å². The van der Waals surface area contributed by atoms with Crippen LogP contribution in [0.2, 0.25) is 0 Å². The fourth-order valence-corrected chi connectivity index (χ4v) is 2.55. The third kappa shape index (κ3) is 3.74. The summed E-state index contributed by atoms with van der Waals surface area (Å²) >= 11 is 0. The fourth-order valence-electron chi connectivity index (χ4n) is 2.55. The van der Waals surface area contributed by atoms with E-state index in [1.54, 1.807) is 6.07 Å². The van der Waals surface area contributed by atoms with Crippen molar-refractivity contribution in [1.82, 2.24) is 4.57 Å². The van der Waals surface area contributed by atoms with E-state index >= 15 is 0 Å². The van der Waals surface area contributed by atoms with Crippen LogP contribution in [0.5, 0.6) is 0 Å². The van der Waals surface area contributed by atoms with Gasteiger partial charge in [0.1, 0.15) is 18.1 Å². The molecule has 0 aliphatic carbocycles. The number of benzene rings is 2. The molecule has 134 valence electrons. The summed E-state index contributed by atoms with van der Waals surface area (Å²) in [5, 5.41) is 2.80. The van der Waals surface area contributed by atoms with Gasteiger partial charge in [0, 0.05) is 11.1 Å². The lowest BCUT2D eigenvalue weighted by molar-refractivity contribution is -0.141. The van der Waals surface area contributed by atoms with Crippen LogP contribution in [-0.4, -0.2) is 16.7 Å². The Morgan fingerprint density at radius 3 is 2.35 bits per heavy atom. The van der Waals surface area contributed by atoms with E-state index in [1.165, 1.54) is 36.4 Å². The lowest BCUT2D eigenvalue weighted by Crippen LogP contribution is -2.33. The summed E-state index contributed by atoms with van der Waals surface area (Å²) in [5.41, 5.74) is -1.16. The van der Waals surface area contributed by atoms with E-state index in [0.717, 1.165) is 12.1 Å². The van der Waals surface area contributed by atoms with Gasteiger partial charge in [-0.05, 0) is 41.8 Å². The molecule has 8 heteroatoms. The average molecular weight is 364 g/mol. The maximum atomic E-state index is 12.9. The van der Waals surface area contributed by atoms with Crippen LogP contribution in [0.25, 0.3) is 10.8 Å². The molecular weight excluding hydrogens is 352 g/mol. The molecule has 0 atom stereocenters. The molecule has 0 saturated heterocycles. The Labute approximate surface area is 144 Å². The molecule has 3 rings (SSSR count). The van der Waals surface area contributed by atoms with E-state index in [1.807, 2.05) is 0 Å². The third-order valence-electron chi connectivity index (χ3n) is 3.69. The first-order chi connectivity index (χ1) is 12.2. The van der Waals surface area contributed by atoms with Crippen molar-refractivity contribution in [2.45, 2.75) is 12.7 Å². The first kappa shape index (κ1) is 17.7. The van der Waals surface area contributed by atoms with Crippen molar-refractivity contribution in [3.63, 3.8) is 0 Å². The first-order valence-electron chi connectivity index (χ1n) is 7.51. The number of rotatable bonds is 3. The summed E-state index contributed by atoms with van der Waals surface area (Å²) in [6, 6.07) is 12.0. The molecule has 1 amide bonds. The Hall–Kier alpha value is -3.16. The summed E-state index contributed by atoms with van der Waals surface area (Å²) in [7, 11) is 0. The van der Waals surface area contributed by atoms with Crippen LogP contribution >= 0.6 is 0 Å². The molecule has 0 spiro atoms. The number of nitrogens with zero attached hydrogens (tertiary/aromatic N) is 1. The van der Waals surface area contributed by atoms with Gasteiger partial charge in [0.05, 0.1) is 0 Å². The second kappa shape index (κ2) is 6.62. The number of amides is 1.